The molecule has 1 fully saturated rings. The van der Waals surface area contributed by atoms with E-state index in [9.17, 15) is 13.2 Å². The molecular formula is C13H22N4O3S3. The van der Waals surface area contributed by atoms with Gasteiger partial charge in [-0.25, -0.2) is 8.42 Å². The molecule has 0 aliphatic carbocycles. The molecule has 2 heterocycles. The van der Waals surface area contributed by atoms with E-state index in [4.69, 9.17) is 0 Å². The molecule has 23 heavy (non-hydrogen) atoms. The zero-order chi connectivity index (χ0) is 16.9. The zero-order valence-corrected chi connectivity index (χ0v) is 15.7. The van der Waals surface area contributed by atoms with E-state index < -0.39 is 9.84 Å². The number of nitrogens with one attached hydrogen (secondary N) is 2. The molecule has 1 aliphatic rings. The number of nitrogens with zero attached hydrogens (tertiary/aromatic N) is 2. The van der Waals surface area contributed by atoms with Gasteiger partial charge in [0.2, 0.25) is 11.0 Å². The normalized spacial score (nSPS) is 21.0. The summed E-state index contributed by atoms with van der Waals surface area (Å²) < 4.78 is 23.6. The third kappa shape index (κ3) is 5.92. The summed E-state index contributed by atoms with van der Waals surface area (Å²) in [6.07, 6.45) is 2.68. The van der Waals surface area contributed by atoms with E-state index in [1.807, 2.05) is 0 Å². The number of carbonyl (C=O) groups excluding carboxylic acids is 1. The second-order valence-corrected chi connectivity index (χ2v) is 10.3. The Labute approximate surface area is 144 Å². The molecule has 1 aliphatic heterocycles. The quantitative estimate of drug-likeness (QED) is 0.522. The van der Waals surface area contributed by atoms with Gasteiger partial charge in [0, 0.05) is 12.6 Å². The Bertz CT molecular complexity index is 632. The minimum Gasteiger partial charge on any atom is -0.360 e. The third-order valence-corrected chi connectivity index (χ3v) is 7.27. The van der Waals surface area contributed by atoms with Crippen LogP contribution in [0.3, 0.4) is 0 Å². The van der Waals surface area contributed by atoms with Crippen LogP contribution < -0.4 is 10.6 Å². The van der Waals surface area contributed by atoms with Gasteiger partial charge in [-0.1, -0.05) is 36.4 Å². The van der Waals surface area contributed by atoms with Gasteiger partial charge in [-0.2, -0.15) is 0 Å². The lowest BCUT2D eigenvalue weighted by Crippen LogP contribution is -2.39. The van der Waals surface area contributed by atoms with E-state index in [1.54, 1.807) is 6.92 Å². The maximum Gasteiger partial charge on any atom is 0.233 e. The van der Waals surface area contributed by atoms with Crippen molar-refractivity contribution in [1.82, 2.24) is 15.5 Å². The molecule has 0 unspecified atom stereocenters. The number of anilines is 1. The number of amides is 1. The van der Waals surface area contributed by atoms with Crippen molar-refractivity contribution in [2.24, 2.45) is 0 Å². The lowest BCUT2D eigenvalue weighted by molar-refractivity contribution is -0.120. The molecule has 10 heteroatoms. The van der Waals surface area contributed by atoms with E-state index >= 15 is 0 Å². The van der Waals surface area contributed by atoms with Crippen LogP contribution in [0.5, 0.6) is 0 Å². The monoisotopic (exact) mass is 378 g/mol. The van der Waals surface area contributed by atoms with Crippen molar-refractivity contribution in [3.8, 4) is 0 Å². The van der Waals surface area contributed by atoms with Gasteiger partial charge in [0.1, 0.15) is 0 Å². The summed E-state index contributed by atoms with van der Waals surface area (Å²) in [5.74, 6) is 0.0381. The van der Waals surface area contributed by atoms with E-state index in [2.05, 4.69) is 27.8 Å². The topological polar surface area (TPSA) is 101 Å². The molecule has 7 nitrogen and oxygen atoms in total. The van der Waals surface area contributed by atoms with Crippen LogP contribution >= 0.6 is 23.1 Å². The Hall–Kier alpha value is -0.870. The number of unbranched alkanes of at least 4 members (excludes halogenated alkanes) is 1. The molecule has 130 valence electrons. The van der Waals surface area contributed by atoms with Crippen LogP contribution in [-0.2, 0) is 14.6 Å². The molecule has 2 N–H and O–H groups in total. The highest BCUT2D eigenvalue weighted by Gasteiger charge is 2.30. The molecule has 0 saturated carbocycles. The molecule has 0 bridgehead atoms. The molecule has 1 aromatic rings. The summed E-state index contributed by atoms with van der Waals surface area (Å²) in [6.45, 7) is 4.77. The fourth-order valence-corrected chi connectivity index (χ4v) is 5.74. The Morgan fingerprint density at radius 3 is 2.91 bits per heavy atom. The first-order valence-corrected chi connectivity index (χ1v) is 11.2. The molecule has 2 atom stereocenters. The van der Waals surface area contributed by atoms with Gasteiger partial charge in [-0.15, -0.1) is 10.2 Å². The van der Waals surface area contributed by atoms with Gasteiger partial charge < -0.3 is 10.6 Å². The Morgan fingerprint density at radius 1 is 1.48 bits per heavy atom. The highest BCUT2D eigenvalue weighted by Crippen LogP contribution is 2.29. The predicted molar refractivity (Wildman–Crippen MR) is 93.8 cm³/mol. The second-order valence-electron chi connectivity index (χ2n) is 5.52. The van der Waals surface area contributed by atoms with Gasteiger partial charge in [0.15, 0.2) is 14.2 Å². The van der Waals surface area contributed by atoms with Crippen molar-refractivity contribution in [3.05, 3.63) is 0 Å². The molecule has 1 amide bonds. The Balaban J connectivity index is 1.79. The van der Waals surface area contributed by atoms with Gasteiger partial charge in [-0.05, 0) is 19.8 Å². The first kappa shape index (κ1) is 18.5. The van der Waals surface area contributed by atoms with Crippen molar-refractivity contribution in [1.29, 1.82) is 0 Å². The molecule has 1 aromatic heterocycles. The SMILES string of the molecule is CCCCNc1nnc(S[C@@H](C)C(=O)N[C@H]2CCS(=O)(=O)C2)s1. The van der Waals surface area contributed by atoms with E-state index in [-0.39, 0.29) is 28.7 Å². The van der Waals surface area contributed by atoms with E-state index in [1.165, 1.54) is 23.1 Å². The number of rotatable bonds is 8. The van der Waals surface area contributed by atoms with Crippen LogP contribution in [0.15, 0.2) is 4.34 Å². The lowest BCUT2D eigenvalue weighted by Gasteiger charge is -2.14. The number of aromatic nitrogens is 2. The number of carbonyl (C=O) groups is 1. The largest absolute Gasteiger partial charge is 0.360 e. The number of hydrogen-bond donors (Lipinski definition) is 2. The van der Waals surface area contributed by atoms with Gasteiger partial charge >= 0.3 is 0 Å². The van der Waals surface area contributed by atoms with Crippen molar-refractivity contribution in [3.63, 3.8) is 0 Å². The minimum absolute atomic E-state index is 0.0421. The third-order valence-electron chi connectivity index (χ3n) is 3.44. The molecule has 0 aromatic carbocycles. The predicted octanol–water partition coefficient (Wildman–Crippen LogP) is 1.53. The standard InChI is InChI=1S/C13H22N4O3S3/c1-3-4-6-14-12-16-17-13(22-12)21-9(2)11(18)15-10-5-7-23(19,20)8-10/h9-10H,3-8H2,1-2H3,(H,14,16)(H,15,18)/t9-,10-/m0/s1. The van der Waals surface area contributed by atoms with Crippen LogP contribution in [0.4, 0.5) is 5.13 Å². The smallest absolute Gasteiger partial charge is 0.233 e. The number of hydrogen-bond acceptors (Lipinski definition) is 8. The van der Waals surface area contributed by atoms with Crippen molar-refractivity contribution in [2.75, 3.05) is 23.4 Å². The van der Waals surface area contributed by atoms with Crippen LogP contribution in [0.2, 0.25) is 0 Å². The summed E-state index contributed by atoms with van der Waals surface area (Å²) in [6, 6.07) is -0.267. The van der Waals surface area contributed by atoms with Gasteiger partial charge in [0.25, 0.3) is 0 Å². The first-order chi connectivity index (χ1) is 10.9. The fourth-order valence-electron chi connectivity index (χ4n) is 2.13. The van der Waals surface area contributed by atoms with Crippen LogP contribution in [0.1, 0.15) is 33.1 Å². The minimum atomic E-state index is -2.98. The summed E-state index contributed by atoms with van der Waals surface area (Å²) in [5.41, 5.74) is 0. The molecule has 1 saturated heterocycles. The van der Waals surface area contributed by atoms with Crippen LogP contribution in [0, 0.1) is 0 Å². The van der Waals surface area contributed by atoms with Crippen molar-refractivity contribution >= 4 is 44.0 Å². The highest BCUT2D eigenvalue weighted by molar-refractivity contribution is 8.02. The van der Waals surface area contributed by atoms with Gasteiger partial charge in [-0.3, -0.25) is 4.79 Å². The summed E-state index contributed by atoms with van der Waals surface area (Å²) >= 11 is 2.76. The molecular weight excluding hydrogens is 356 g/mol. The van der Waals surface area contributed by atoms with Crippen LogP contribution in [-0.4, -0.2) is 53.9 Å². The summed E-state index contributed by atoms with van der Waals surface area (Å²) in [7, 11) is -2.98. The molecule has 2 rings (SSSR count). The maximum absolute atomic E-state index is 12.1. The maximum atomic E-state index is 12.1. The van der Waals surface area contributed by atoms with E-state index in [0.29, 0.717) is 6.42 Å². The van der Waals surface area contributed by atoms with Crippen molar-refractivity contribution in [2.45, 2.75) is 48.7 Å². The van der Waals surface area contributed by atoms with Crippen LogP contribution in [0.25, 0.3) is 0 Å². The zero-order valence-electron chi connectivity index (χ0n) is 13.2. The fraction of sp³-hybridized carbons (Fsp3) is 0.769. The number of thioether (sulfide) groups is 1. The molecule has 0 radical (unpaired) electrons. The van der Waals surface area contributed by atoms with Gasteiger partial charge in [0.05, 0.1) is 16.8 Å². The summed E-state index contributed by atoms with van der Waals surface area (Å²) in [5, 5.41) is 14.5. The molecule has 0 spiro atoms. The summed E-state index contributed by atoms with van der Waals surface area (Å²) in [4.78, 5) is 12.1. The first-order valence-electron chi connectivity index (χ1n) is 7.64. The van der Waals surface area contributed by atoms with E-state index in [0.717, 1.165) is 28.9 Å². The second kappa shape index (κ2) is 8.29. The number of sulfone groups is 1. The average molecular weight is 379 g/mol. The Kier molecular flexibility index (Phi) is 6.66. The van der Waals surface area contributed by atoms with Crippen molar-refractivity contribution < 1.29 is 13.2 Å². The Morgan fingerprint density at radius 2 is 2.26 bits per heavy atom. The lowest BCUT2D eigenvalue weighted by atomic mass is 10.2. The average Bonchev–Trinajstić information content (AvgIpc) is 3.05. The highest BCUT2D eigenvalue weighted by atomic mass is 32.2.